The van der Waals surface area contributed by atoms with Crippen LogP contribution in [-0.4, -0.2) is 56.8 Å². The number of hydrogen-bond acceptors (Lipinski definition) is 6. The van der Waals surface area contributed by atoms with Crippen molar-refractivity contribution in [1.82, 2.24) is 25.1 Å². The smallest absolute Gasteiger partial charge is 0.246 e. The maximum Gasteiger partial charge on any atom is 0.246 e. The minimum atomic E-state index is 0.00637. The molecule has 0 saturated carbocycles. The van der Waals surface area contributed by atoms with Gasteiger partial charge in [0.05, 0.1) is 17.6 Å². The summed E-state index contributed by atoms with van der Waals surface area (Å²) >= 11 is 1.55. The Morgan fingerprint density at radius 2 is 2.48 bits per heavy atom. The summed E-state index contributed by atoms with van der Waals surface area (Å²) in [5.41, 5.74) is 0. The molecule has 3 heterocycles. The molecular formula is C13H17N5O2S. The van der Waals surface area contributed by atoms with Crippen molar-refractivity contribution in [2.24, 2.45) is 0 Å². The van der Waals surface area contributed by atoms with Gasteiger partial charge in [-0.3, -0.25) is 4.79 Å². The summed E-state index contributed by atoms with van der Waals surface area (Å²) < 4.78 is 5.57. The first-order chi connectivity index (χ1) is 10.3. The summed E-state index contributed by atoms with van der Waals surface area (Å²) in [6.07, 6.45) is 1.04. The van der Waals surface area contributed by atoms with Crippen molar-refractivity contribution >= 4 is 17.2 Å². The Labute approximate surface area is 126 Å². The number of ether oxygens (including phenoxy) is 1. The van der Waals surface area contributed by atoms with Crippen LogP contribution in [0.1, 0.15) is 13.3 Å². The minimum absolute atomic E-state index is 0.00637. The fourth-order valence-electron chi connectivity index (χ4n) is 2.23. The van der Waals surface area contributed by atoms with Crippen LogP contribution in [0.4, 0.5) is 0 Å². The van der Waals surface area contributed by atoms with E-state index < -0.39 is 0 Å². The Balaban J connectivity index is 1.62. The molecule has 1 aliphatic heterocycles. The number of hydrogen-bond donors (Lipinski definition) is 0. The summed E-state index contributed by atoms with van der Waals surface area (Å²) in [6, 6.07) is 3.87. The normalized spacial score (nSPS) is 18.9. The lowest BCUT2D eigenvalue weighted by atomic mass is 10.2. The molecule has 1 fully saturated rings. The quantitative estimate of drug-likeness (QED) is 0.844. The first-order valence-corrected chi connectivity index (χ1v) is 7.85. The van der Waals surface area contributed by atoms with Crippen molar-refractivity contribution in [2.75, 3.05) is 19.7 Å². The van der Waals surface area contributed by atoms with Gasteiger partial charge in [0, 0.05) is 13.1 Å². The number of carbonyl (C=O) groups is 1. The van der Waals surface area contributed by atoms with E-state index in [1.807, 2.05) is 22.4 Å². The Morgan fingerprint density at radius 3 is 3.24 bits per heavy atom. The molecule has 0 unspecified atom stereocenters. The van der Waals surface area contributed by atoms with Crippen LogP contribution in [0.15, 0.2) is 17.5 Å². The summed E-state index contributed by atoms with van der Waals surface area (Å²) in [7, 11) is 0. The maximum absolute atomic E-state index is 12.3. The number of tetrazole rings is 1. The van der Waals surface area contributed by atoms with E-state index in [1.54, 1.807) is 11.3 Å². The van der Waals surface area contributed by atoms with Gasteiger partial charge in [-0.05, 0) is 23.1 Å². The van der Waals surface area contributed by atoms with Gasteiger partial charge in [0.1, 0.15) is 6.54 Å². The standard InChI is InChI=1S/C13H17N5O2S/c1-2-10-8-17(5-6-20-10)12(19)9-18-15-13(14-16-18)11-4-3-7-21-11/h3-4,7,10H,2,5-6,8-9H2,1H3/t10-/m1/s1. The largest absolute Gasteiger partial charge is 0.375 e. The van der Waals surface area contributed by atoms with Crippen LogP contribution < -0.4 is 0 Å². The number of thiophene rings is 1. The highest BCUT2D eigenvalue weighted by Gasteiger charge is 2.23. The third kappa shape index (κ3) is 3.27. The molecule has 112 valence electrons. The van der Waals surface area contributed by atoms with Crippen molar-refractivity contribution in [2.45, 2.75) is 26.0 Å². The first kappa shape index (κ1) is 14.2. The minimum Gasteiger partial charge on any atom is -0.375 e. The Bertz CT molecular complexity index is 597. The highest BCUT2D eigenvalue weighted by atomic mass is 32.1. The van der Waals surface area contributed by atoms with Gasteiger partial charge < -0.3 is 9.64 Å². The summed E-state index contributed by atoms with van der Waals surface area (Å²) in [5, 5.41) is 14.1. The van der Waals surface area contributed by atoms with Crippen LogP contribution in [0.25, 0.3) is 10.7 Å². The van der Waals surface area contributed by atoms with Crippen molar-refractivity contribution < 1.29 is 9.53 Å². The molecule has 0 bridgehead atoms. The summed E-state index contributed by atoms with van der Waals surface area (Å²) in [5.74, 6) is 0.568. The zero-order chi connectivity index (χ0) is 14.7. The van der Waals surface area contributed by atoms with Crippen LogP contribution in [0.2, 0.25) is 0 Å². The second kappa shape index (κ2) is 6.31. The Hall–Kier alpha value is -1.80. The van der Waals surface area contributed by atoms with E-state index in [0.717, 1.165) is 11.3 Å². The van der Waals surface area contributed by atoms with E-state index in [2.05, 4.69) is 22.3 Å². The van der Waals surface area contributed by atoms with E-state index in [9.17, 15) is 4.79 Å². The zero-order valence-corrected chi connectivity index (χ0v) is 12.6. The molecule has 0 aliphatic carbocycles. The lowest BCUT2D eigenvalue weighted by molar-refractivity contribution is -0.139. The van der Waals surface area contributed by atoms with E-state index in [1.165, 1.54) is 4.80 Å². The third-order valence-corrected chi connectivity index (χ3v) is 4.28. The third-order valence-electron chi connectivity index (χ3n) is 3.42. The van der Waals surface area contributed by atoms with E-state index in [0.29, 0.717) is 25.5 Å². The molecule has 21 heavy (non-hydrogen) atoms. The van der Waals surface area contributed by atoms with E-state index >= 15 is 0 Å². The van der Waals surface area contributed by atoms with Gasteiger partial charge in [0.15, 0.2) is 0 Å². The lowest BCUT2D eigenvalue weighted by Gasteiger charge is -2.32. The number of amides is 1. The zero-order valence-electron chi connectivity index (χ0n) is 11.8. The van der Waals surface area contributed by atoms with Crippen molar-refractivity contribution in [1.29, 1.82) is 0 Å². The van der Waals surface area contributed by atoms with Gasteiger partial charge in [0.25, 0.3) is 0 Å². The van der Waals surface area contributed by atoms with Gasteiger partial charge in [0.2, 0.25) is 11.7 Å². The highest BCUT2D eigenvalue weighted by molar-refractivity contribution is 7.13. The van der Waals surface area contributed by atoms with Gasteiger partial charge in [-0.2, -0.15) is 4.80 Å². The fourth-order valence-corrected chi connectivity index (χ4v) is 2.88. The summed E-state index contributed by atoms with van der Waals surface area (Å²) in [6.45, 7) is 4.04. The highest BCUT2D eigenvalue weighted by Crippen LogP contribution is 2.19. The van der Waals surface area contributed by atoms with Crippen molar-refractivity contribution in [3.05, 3.63) is 17.5 Å². The van der Waals surface area contributed by atoms with Gasteiger partial charge in [-0.25, -0.2) is 0 Å². The van der Waals surface area contributed by atoms with Crippen LogP contribution >= 0.6 is 11.3 Å². The molecule has 0 spiro atoms. The number of morpholine rings is 1. The topological polar surface area (TPSA) is 73.1 Å². The average Bonchev–Trinajstić information content (AvgIpc) is 3.18. The fraction of sp³-hybridized carbons (Fsp3) is 0.538. The molecule has 1 saturated heterocycles. The number of carbonyl (C=O) groups excluding carboxylic acids is 1. The SMILES string of the molecule is CC[C@@H]1CN(C(=O)Cn2nnc(-c3cccs3)n2)CCO1. The Kier molecular flexibility index (Phi) is 4.26. The van der Waals surface area contributed by atoms with Gasteiger partial charge in [-0.1, -0.05) is 13.0 Å². The molecule has 0 N–H and O–H groups in total. The predicted octanol–water partition coefficient (Wildman–Crippen LogP) is 1.04. The molecule has 1 amide bonds. The van der Waals surface area contributed by atoms with Crippen LogP contribution in [-0.2, 0) is 16.1 Å². The first-order valence-electron chi connectivity index (χ1n) is 6.97. The van der Waals surface area contributed by atoms with Crippen LogP contribution in [0.5, 0.6) is 0 Å². The molecule has 2 aromatic rings. The summed E-state index contributed by atoms with van der Waals surface area (Å²) in [4.78, 5) is 16.4. The molecule has 8 heteroatoms. The molecule has 0 radical (unpaired) electrons. The second-order valence-corrected chi connectivity index (χ2v) is 5.81. The molecule has 0 aromatic carbocycles. The monoisotopic (exact) mass is 307 g/mol. The molecular weight excluding hydrogens is 290 g/mol. The van der Waals surface area contributed by atoms with Crippen molar-refractivity contribution in [3.63, 3.8) is 0 Å². The number of aromatic nitrogens is 4. The van der Waals surface area contributed by atoms with E-state index in [-0.39, 0.29) is 18.6 Å². The van der Waals surface area contributed by atoms with Crippen LogP contribution in [0, 0.1) is 0 Å². The van der Waals surface area contributed by atoms with Crippen molar-refractivity contribution in [3.8, 4) is 10.7 Å². The molecule has 1 aliphatic rings. The van der Waals surface area contributed by atoms with Gasteiger partial charge >= 0.3 is 0 Å². The predicted molar refractivity (Wildman–Crippen MR) is 77.7 cm³/mol. The maximum atomic E-state index is 12.3. The number of nitrogens with zero attached hydrogens (tertiary/aromatic N) is 5. The van der Waals surface area contributed by atoms with Gasteiger partial charge in [-0.15, -0.1) is 21.5 Å². The lowest BCUT2D eigenvalue weighted by Crippen LogP contribution is -2.46. The molecule has 7 nitrogen and oxygen atoms in total. The van der Waals surface area contributed by atoms with Crippen LogP contribution in [0.3, 0.4) is 0 Å². The molecule has 1 atom stereocenters. The van der Waals surface area contributed by atoms with E-state index in [4.69, 9.17) is 4.74 Å². The number of rotatable bonds is 4. The Morgan fingerprint density at radius 1 is 1.57 bits per heavy atom. The average molecular weight is 307 g/mol. The molecule has 3 rings (SSSR count). The molecule has 2 aromatic heterocycles. The second-order valence-electron chi connectivity index (χ2n) is 4.86.